The smallest absolute Gasteiger partial charge is 0.339 e. The lowest BCUT2D eigenvalue weighted by Crippen LogP contribution is -2.45. The predicted molar refractivity (Wildman–Crippen MR) is 68.2 cm³/mol. The summed E-state index contributed by atoms with van der Waals surface area (Å²) in [5.41, 5.74) is -0.649. The van der Waals surface area contributed by atoms with Crippen molar-refractivity contribution in [3.63, 3.8) is 0 Å². The highest BCUT2D eigenvalue weighted by Crippen LogP contribution is 2.38. The van der Waals surface area contributed by atoms with Crippen molar-refractivity contribution in [3.8, 4) is 0 Å². The van der Waals surface area contributed by atoms with E-state index in [9.17, 15) is 9.90 Å². The molecule has 3 atom stereocenters. The number of hydrogen-bond donors (Lipinski definition) is 1. The van der Waals surface area contributed by atoms with Crippen LogP contribution in [0.2, 0.25) is 0 Å². The van der Waals surface area contributed by atoms with E-state index in [-0.39, 0.29) is 5.92 Å². The molecule has 1 fully saturated rings. The molecule has 0 aliphatic heterocycles. The fourth-order valence-corrected chi connectivity index (χ4v) is 2.61. The zero-order valence-electron chi connectivity index (χ0n) is 10.5. The zero-order valence-corrected chi connectivity index (χ0v) is 12.0. The van der Waals surface area contributed by atoms with Gasteiger partial charge in [0.05, 0.1) is 6.10 Å². The highest BCUT2D eigenvalue weighted by molar-refractivity contribution is 6.52. The topological polar surface area (TPSA) is 46.5 Å². The average Bonchev–Trinajstić information content (AvgIpc) is 2.15. The molecule has 5 heteroatoms. The van der Waals surface area contributed by atoms with Gasteiger partial charge in [-0.2, -0.15) is 0 Å². The van der Waals surface area contributed by atoms with Gasteiger partial charge in [0.15, 0.2) is 0 Å². The Morgan fingerprint density at radius 3 is 2.47 bits per heavy atom. The first-order chi connectivity index (χ1) is 7.75. The molecule has 0 heterocycles. The van der Waals surface area contributed by atoms with Crippen LogP contribution in [0.25, 0.3) is 0 Å². The predicted octanol–water partition coefficient (Wildman–Crippen LogP) is 2.91. The number of rotatable bonds is 3. The SMILES string of the molecule is CC(C)[C@H]1CC[C@@](C)(OC(=O)C(Cl)Cl)C[C@@H]1O. The number of ether oxygens (including phenoxy) is 1. The Labute approximate surface area is 112 Å². The molecule has 100 valence electrons. The first-order valence-corrected chi connectivity index (χ1v) is 6.81. The largest absolute Gasteiger partial charge is 0.457 e. The first kappa shape index (κ1) is 15.1. The van der Waals surface area contributed by atoms with E-state index < -0.39 is 22.5 Å². The Balaban J connectivity index is 2.60. The van der Waals surface area contributed by atoms with E-state index in [0.717, 1.165) is 12.8 Å². The van der Waals surface area contributed by atoms with Gasteiger partial charge in [0.25, 0.3) is 0 Å². The number of alkyl halides is 2. The van der Waals surface area contributed by atoms with Crippen molar-refractivity contribution in [2.75, 3.05) is 0 Å². The van der Waals surface area contributed by atoms with Crippen LogP contribution in [-0.2, 0) is 9.53 Å². The number of aliphatic hydroxyl groups is 1. The molecule has 17 heavy (non-hydrogen) atoms. The van der Waals surface area contributed by atoms with E-state index in [1.54, 1.807) is 0 Å². The molecule has 0 radical (unpaired) electrons. The van der Waals surface area contributed by atoms with Gasteiger partial charge < -0.3 is 9.84 Å². The van der Waals surface area contributed by atoms with E-state index in [0.29, 0.717) is 12.3 Å². The van der Waals surface area contributed by atoms with Gasteiger partial charge in [0.1, 0.15) is 5.60 Å². The summed E-state index contributed by atoms with van der Waals surface area (Å²) in [5, 5.41) is 10.1. The Kier molecular flexibility index (Phi) is 5.11. The van der Waals surface area contributed by atoms with Gasteiger partial charge in [-0.25, -0.2) is 4.79 Å². The van der Waals surface area contributed by atoms with Gasteiger partial charge >= 0.3 is 5.97 Å². The van der Waals surface area contributed by atoms with Crippen LogP contribution < -0.4 is 0 Å². The molecular formula is C12H20Cl2O3. The third-order valence-corrected chi connectivity index (χ3v) is 3.88. The summed E-state index contributed by atoms with van der Waals surface area (Å²) in [4.78, 5) is 10.2. The fourth-order valence-electron chi connectivity index (χ4n) is 2.52. The standard InChI is InChI=1S/C12H20Cl2O3/c1-7(2)8-4-5-12(3,6-9(8)15)17-11(16)10(13)14/h7-10,15H,4-6H2,1-3H3/t8-,9+,12-/m1/s1. The first-order valence-electron chi connectivity index (χ1n) is 5.94. The van der Waals surface area contributed by atoms with Gasteiger partial charge in [0.2, 0.25) is 4.84 Å². The van der Waals surface area contributed by atoms with E-state index in [2.05, 4.69) is 13.8 Å². The molecule has 3 nitrogen and oxygen atoms in total. The molecule has 1 saturated carbocycles. The minimum Gasteiger partial charge on any atom is -0.457 e. The summed E-state index contributed by atoms with van der Waals surface area (Å²) < 4.78 is 5.28. The van der Waals surface area contributed by atoms with Crippen molar-refractivity contribution in [2.24, 2.45) is 11.8 Å². The minimum atomic E-state index is -1.16. The van der Waals surface area contributed by atoms with Gasteiger partial charge in [0, 0.05) is 6.42 Å². The number of carbonyl (C=O) groups excluding carboxylic acids is 1. The molecule has 0 unspecified atom stereocenters. The minimum absolute atomic E-state index is 0.268. The van der Waals surface area contributed by atoms with E-state index in [1.165, 1.54) is 0 Å². The maximum Gasteiger partial charge on any atom is 0.339 e. The third kappa shape index (κ3) is 4.01. The van der Waals surface area contributed by atoms with E-state index in [4.69, 9.17) is 27.9 Å². The van der Waals surface area contributed by atoms with Gasteiger partial charge in [-0.15, -0.1) is 0 Å². The van der Waals surface area contributed by atoms with Crippen LogP contribution in [-0.4, -0.2) is 27.6 Å². The Hall–Kier alpha value is 0.01000. The van der Waals surface area contributed by atoms with Crippen molar-refractivity contribution in [2.45, 2.75) is 56.6 Å². The van der Waals surface area contributed by atoms with Crippen LogP contribution in [0.15, 0.2) is 0 Å². The molecule has 0 amide bonds. The maximum atomic E-state index is 11.4. The van der Waals surface area contributed by atoms with Gasteiger partial charge in [-0.3, -0.25) is 0 Å². The van der Waals surface area contributed by atoms with Crippen molar-refractivity contribution in [3.05, 3.63) is 0 Å². The molecule has 0 saturated heterocycles. The number of hydrogen-bond acceptors (Lipinski definition) is 3. The summed E-state index contributed by atoms with van der Waals surface area (Å²) in [6, 6.07) is 0. The molecule has 0 aromatic rings. The molecule has 1 aliphatic carbocycles. The lowest BCUT2D eigenvalue weighted by molar-refractivity contribution is -0.166. The number of halogens is 2. The third-order valence-electron chi connectivity index (χ3n) is 3.52. The zero-order chi connectivity index (χ0) is 13.2. The van der Waals surface area contributed by atoms with Gasteiger partial charge in [-0.05, 0) is 31.6 Å². The molecule has 1 aliphatic rings. The number of esters is 1. The number of aliphatic hydroxyl groups excluding tert-OH is 1. The van der Waals surface area contributed by atoms with Crippen molar-refractivity contribution in [1.29, 1.82) is 0 Å². The van der Waals surface area contributed by atoms with Crippen molar-refractivity contribution >= 4 is 29.2 Å². The Morgan fingerprint density at radius 1 is 1.47 bits per heavy atom. The van der Waals surface area contributed by atoms with Crippen LogP contribution in [0.4, 0.5) is 0 Å². The van der Waals surface area contributed by atoms with Crippen LogP contribution in [0.1, 0.15) is 40.0 Å². The lowest BCUT2D eigenvalue weighted by Gasteiger charge is -2.41. The molecule has 0 aromatic heterocycles. The molecular weight excluding hydrogens is 263 g/mol. The summed E-state index contributed by atoms with van der Waals surface area (Å²) in [7, 11) is 0. The van der Waals surface area contributed by atoms with Gasteiger partial charge in [-0.1, -0.05) is 37.0 Å². The normalized spacial score (nSPS) is 34.1. The lowest BCUT2D eigenvalue weighted by atomic mass is 9.73. The molecule has 1 N–H and O–H groups in total. The Morgan fingerprint density at radius 2 is 2.06 bits per heavy atom. The van der Waals surface area contributed by atoms with E-state index in [1.807, 2.05) is 6.92 Å². The second-order valence-electron chi connectivity index (χ2n) is 5.39. The maximum absolute atomic E-state index is 11.4. The fraction of sp³-hybridized carbons (Fsp3) is 0.917. The van der Waals surface area contributed by atoms with Crippen molar-refractivity contribution in [1.82, 2.24) is 0 Å². The second-order valence-corrected chi connectivity index (χ2v) is 6.49. The van der Waals surface area contributed by atoms with Crippen LogP contribution in [0.5, 0.6) is 0 Å². The quantitative estimate of drug-likeness (QED) is 0.640. The summed E-state index contributed by atoms with van der Waals surface area (Å²) >= 11 is 10.9. The summed E-state index contributed by atoms with van der Waals surface area (Å²) in [5.74, 6) is 0.0645. The number of carbonyl (C=O) groups is 1. The summed E-state index contributed by atoms with van der Waals surface area (Å²) in [6.45, 7) is 6.01. The average molecular weight is 283 g/mol. The van der Waals surface area contributed by atoms with E-state index >= 15 is 0 Å². The molecule has 0 spiro atoms. The molecule has 0 bridgehead atoms. The highest BCUT2D eigenvalue weighted by atomic mass is 35.5. The van der Waals surface area contributed by atoms with Crippen molar-refractivity contribution < 1.29 is 14.6 Å². The van der Waals surface area contributed by atoms with Crippen LogP contribution >= 0.6 is 23.2 Å². The summed E-state index contributed by atoms with van der Waals surface area (Å²) in [6.07, 6.45) is 1.59. The highest BCUT2D eigenvalue weighted by Gasteiger charge is 2.41. The second kappa shape index (κ2) is 5.77. The molecule has 0 aromatic carbocycles. The Bertz CT molecular complexity index is 281. The van der Waals surface area contributed by atoms with Crippen LogP contribution in [0, 0.1) is 11.8 Å². The van der Waals surface area contributed by atoms with Crippen LogP contribution in [0.3, 0.4) is 0 Å². The monoisotopic (exact) mass is 282 g/mol. The molecule has 1 rings (SSSR count).